The van der Waals surface area contributed by atoms with Gasteiger partial charge in [0, 0.05) is 37.1 Å². The van der Waals surface area contributed by atoms with Crippen molar-refractivity contribution in [2.24, 2.45) is 5.92 Å². The number of carbonyl (C=O) groups is 2. The highest BCUT2D eigenvalue weighted by Gasteiger charge is 2.24. The molecule has 0 saturated carbocycles. The molecule has 1 aromatic heterocycles. The van der Waals surface area contributed by atoms with E-state index in [2.05, 4.69) is 15.6 Å². The Hall–Kier alpha value is -3.03. The van der Waals surface area contributed by atoms with E-state index >= 15 is 0 Å². The van der Waals surface area contributed by atoms with E-state index < -0.39 is 6.04 Å². The molecule has 0 aliphatic heterocycles. The molecule has 2 aromatic rings. The Bertz CT molecular complexity index is 768. The Morgan fingerprint density at radius 2 is 1.79 bits per heavy atom. The van der Waals surface area contributed by atoms with Crippen molar-refractivity contribution in [1.29, 1.82) is 0 Å². The van der Waals surface area contributed by atoms with Crippen LogP contribution < -0.4 is 20.1 Å². The van der Waals surface area contributed by atoms with Gasteiger partial charge in [-0.3, -0.25) is 9.59 Å². The predicted molar refractivity (Wildman–Crippen MR) is 110 cm³/mol. The SMILES string of the molecule is COc1cc(OC)cc(C(=O)NC(C(=O)NCCCCn2ccnc2)C(C)C)c1. The standard InChI is InChI=1S/C21H30N4O4/c1-15(2)19(21(27)23-7-5-6-9-25-10-8-22-14-25)24-20(26)16-11-17(28-3)13-18(12-16)29-4/h8,10-15,19H,5-7,9H2,1-4H3,(H,23,27)(H,24,26). The fourth-order valence-electron chi connectivity index (χ4n) is 2.86. The first kappa shape index (κ1) is 22.3. The minimum absolute atomic E-state index is 0.0580. The van der Waals surface area contributed by atoms with Crippen LogP contribution in [0.2, 0.25) is 0 Å². The molecule has 1 heterocycles. The maximum atomic E-state index is 12.7. The Morgan fingerprint density at radius 1 is 1.10 bits per heavy atom. The summed E-state index contributed by atoms with van der Waals surface area (Å²) >= 11 is 0. The summed E-state index contributed by atoms with van der Waals surface area (Å²) in [4.78, 5) is 29.3. The average molecular weight is 402 g/mol. The van der Waals surface area contributed by atoms with Crippen LogP contribution in [0.1, 0.15) is 37.0 Å². The lowest BCUT2D eigenvalue weighted by molar-refractivity contribution is -0.123. The van der Waals surface area contributed by atoms with Crippen LogP contribution in [0.3, 0.4) is 0 Å². The van der Waals surface area contributed by atoms with E-state index in [4.69, 9.17) is 9.47 Å². The molecule has 8 nitrogen and oxygen atoms in total. The first-order valence-corrected chi connectivity index (χ1v) is 9.72. The fourth-order valence-corrected chi connectivity index (χ4v) is 2.86. The normalized spacial score (nSPS) is 11.8. The second kappa shape index (κ2) is 11.1. The molecule has 0 spiro atoms. The first-order chi connectivity index (χ1) is 13.9. The zero-order chi connectivity index (χ0) is 21.2. The summed E-state index contributed by atoms with van der Waals surface area (Å²) < 4.78 is 12.4. The van der Waals surface area contributed by atoms with E-state index in [1.165, 1.54) is 14.2 Å². The fraction of sp³-hybridized carbons (Fsp3) is 0.476. The van der Waals surface area contributed by atoms with Gasteiger partial charge in [-0.25, -0.2) is 4.98 Å². The second-order valence-corrected chi connectivity index (χ2v) is 7.10. The smallest absolute Gasteiger partial charge is 0.252 e. The third kappa shape index (κ3) is 6.81. The molecule has 0 aliphatic carbocycles. The average Bonchev–Trinajstić information content (AvgIpc) is 3.24. The van der Waals surface area contributed by atoms with Gasteiger partial charge in [-0.05, 0) is 30.9 Å². The summed E-state index contributed by atoms with van der Waals surface area (Å²) in [5.74, 6) is 0.426. The number of aryl methyl sites for hydroxylation is 1. The molecule has 29 heavy (non-hydrogen) atoms. The van der Waals surface area contributed by atoms with Crippen molar-refractivity contribution in [2.75, 3.05) is 20.8 Å². The summed E-state index contributed by atoms with van der Waals surface area (Å²) in [5.41, 5.74) is 0.375. The number of carbonyl (C=O) groups excluding carboxylic acids is 2. The molecular formula is C21H30N4O4. The van der Waals surface area contributed by atoms with E-state index in [1.54, 1.807) is 30.7 Å². The summed E-state index contributed by atoms with van der Waals surface area (Å²) in [5, 5.41) is 5.74. The van der Waals surface area contributed by atoms with Crippen LogP contribution in [0, 0.1) is 5.92 Å². The lowest BCUT2D eigenvalue weighted by Gasteiger charge is -2.22. The third-order valence-electron chi connectivity index (χ3n) is 4.55. The molecule has 158 valence electrons. The van der Waals surface area contributed by atoms with E-state index in [1.807, 2.05) is 24.6 Å². The molecule has 0 fully saturated rings. The van der Waals surface area contributed by atoms with Gasteiger partial charge in [-0.2, -0.15) is 0 Å². The molecular weight excluding hydrogens is 372 g/mol. The lowest BCUT2D eigenvalue weighted by Crippen LogP contribution is -2.49. The van der Waals surface area contributed by atoms with Crippen LogP contribution in [0.5, 0.6) is 11.5 Å². The van der Waals surface area contributed by atoms with Gasteiger partial charge in [-0.1, -0.05) is 13.8 Å². The molecule has 2 rings (SSSR count). The van der Waals surface area contributed by atoms with E-state index in [0.717, 1.165) is 19.4 Å². The highest BCUT2D eigenvalue weighted by Crippen LogP contribution is 2.22. The number of hydrogen-bond donors (Lipinski definition) is 2. The number of imidazole rings is 1. The van der Waals surface area contributed by atoms with Gasteiger partial charge in [-0.15, -0.1) is 0 Å². The van der Waals surface area contributed by atoms with Gasteiger partial charge in [0.05, 0.1) is 20.5 Å². The van der Waals surface area contributed by atoms with Gasteiger partial charge in [0.15, 0.2) is 0 Å². The maximum Gasteiger partial charge on any atom is 0.252 e. The molecule has 0 bridgehead atoms. The molecule has 8 heteroatoms. The van der Waals surface area contributed by atoms with Crippen LogP contribution in [0.4, 0.5) is 0 Å². The van der Waals surface area contributed by atoms with Crippen molar-refractivity contribution in [1.82, 2.24) is 20.2 Å². The van der Waals surface area contributed by atoms with Crippen molar-refractivity contribution in [3.05, 3.63) is 42.5 Å². The minimum atomic E-state index is -0.631. The highest BCUT2D eigenvalue weighted by molar-refractivity contribution is 5.98. The molecule has 2 N–H and O–H groups in total. The molecule has 0 saturated heterocycles. The maximum absolute atomic E-state index is 12.7. The van der Waals surface area contributed by atoms with Crippen molar-refractivity contribution in [2.45, 2.75) is 39.3 Å². The summed E-state index contributed by atoms with van der Waals surface area (Å²) in [6.07, 6.45) is 7.21. The van der Waals surface area contributed by atoms with Crippen molar-refractivity contribution >= 4 is 11.8 Å². The summed E-state index contributed by atoms with van der Waals surface area (Å²) in [7, 11) is 3.04. The summed E-state index contributed by atoms with van der Waals surface area (Å²) in [6, 6.07) is 4.29. The lowest BCUT2D eigenvalue weighted by atomic mass is 10.0. The Morgan fingerprint density at radius 3 is 2.34 bits per heavy atom. The number of nitrogens with one attached hydrogen (secondary N) is 2. The Labute approximate surface area is 171 Å². The topological polar surface area (TPSA) is 94.5 Å². The number of aromatic nitrogens is 2. The van der Waals surface area contributed by atoms with Gasteiger partial charge in [0.2, 0.25) is 5.91 Å². The zero-order valence-corrected chi connectivity index (χ0v) is 17.5. The van der Waals surface area contributed by atoms with Gasteiger partial charge < -0.3 is 24.7 Å². The van der Waals surface area contributed by atoms with Crippen molar-refractivity contribution in [3.63, 3.8) is 0 Å². The summed E-state index contributed by atoms with van der Waals surface area (Å²) in [6.45, 7) is 5.21. The number of methoxy groups -OCH3 is 2. The van der Waals surface area contributed by atoms with Gasteiger partial charge >= 0.3 is 0 Å². The van der Waals surface area contributed by atoms with Crippen molar-refractivity contribution < 1.29 is 19.1 Å². The first-order valence-electron chi connectivity index (χ1n) is 9.72. The van der Waals surface area contributed by atoms with Crippen molar-refractivity contribution in [3.8, 4) is 11.5 Å². The number of benzene rings is 1. The van der Waals surface area contributed by atoms with Gasteiger partial charge in [0.25, 0.3) is 5.91 Å². The van der Waals surface area contributed by atoms with E-state index in [9.17, 15) is 9.59 Å². The van der Waals surface area contributed by atoms with Crippen LogP contribution in [-0.2, 0) is 11.3 Å². The molecule has 1 aromatic carbocycles. The second-order valence-electron chi connectivity index (χ2n) is 7.10. The molecule has 1 atom stereocenters. The number of unbranched alkanes of at least 4 members (excludes halogenated alkanes) is 1. The minimum Gasteiger partial charge on any atom is -0.497 e. The number of hydrogen-bond acceptors (Lipinski definition) is 5. The van der Waals surface area contributed by atoms with Crippen LogP contribution in [-0.4, -0.2) is 48.2 Å². The molecule has 0 aliphatic rings. The highest BCUT2D eigenvalue weighted by atomic mass is 16.5. The zero-order valence-electron chi connectivity index (χ0n) is 17.5. The van der Waals surface area contributed by atoms with E-state index in [0.29, 0.717) is 23.6 Å². The molecule has 0 radical (unpaired) electrons. The van der Waals surface area contributed by atoms with Crippen LogP contribution in [0.15, 0.2) is 36.9 Å². The largest absolute Gasteiger partial charge is 0.497 e. The quantitative estimate of drug-likeness (QED) is 0.562. The Balaban J connectivity index is 1.89. The van der Waals surface area contributed by atoms with Gasteiger partial charge in [0.1, 0.15) is 17.5 Å². The van der Waals surface area contributed by atoms with Crippen LogP contribution in [0.25, 0.3) is 0 Å². The monoisotopic (exact) mass is 402 g/mol. The number of ether oxygens (including phenoxy) is 2. The number of nitrogens with zero attached hydrogens (tertiary/aromatic N) is 2. The number of rotatable bonds is 11. The third-order valence-corrected chi connectivity index (χ3v) is 4.55. The van der Waals surface area contributed by atoms with Crippen LogP contribution >= 0.6 is 0 Å². The predicted octanol–water partition coefficient (Wildman–Crippen LogP) is 2.25. The molecule has 1 unspecified atom stereocenters. The molecule has 2 amide bonds. The van der Waals surface area contributed by atoms with E-state index in [-0.39, 0.29) is 17.7 Å². The Kier molecular flexibility index (Phi) is 8.51. The number of amides is 2.